The summed E-state index contributed by atoms with van der Waals surface area (Å²) < 4.78 is 6.18. The summed E-state index contributed by atoms with van der Waals surface area (Å²) in [5.41, 5.74) is 1.16. The summed E-state index contributed by atoms with van der Waals surface area (Å²) in [4.78, 5) is 0. The Labute approximate surface area is 121 Å². The van der Waals surface area contributed by atoms with Crippen LogP contribution in [0.1, 0.15) is 38.7 Å². The monoisotopic (exact) mass is 281 g/mol. The smallest absolute Gasteiger partial charge is 0.138 e. The van der Waals surface area contributed by atoms with Crippen LogP contribution in [-0.2, 0) is 0 Å². The second-order valence-corrected chi connectivity index (χ2v) is 6.08. The predicted molar refractivity (Wildman–Crippen MR) is 81.1 cm³/mol. The summed E-state index contributed by atoms with van der Waals surface area (Å²) in [5, 5.41) is 4.25. The minimum Gasteiger partial charge on any atom is -0.487 e. The molecule has 1 saturated carbocycles. The molecule has 1 aliphatic rings. The third-order valence-electron chi connectivity index (χ3n) is 3.89. The van der Waals surface area contributed by atoms with E-state index in [1.807, 2.05) is 19.1 Å². The number of benzene rings is 1. The van der Waals surface area contributed by atoms with Crippen molar-refractivity contribution >= 4 is 11.6 Å². The first-order valence-electron chi connectivity index (χ1n) is 7.26. The Morgan fingerprint density at radius 2 is 2.16 bits per heavy atom. The fourth-order valence-electron chi connectivity index (χ4n) is 2.82. The molecule has 1 N–H and O–H groups in total. The molecule has 1 fully saturated rings. The van der Waals surface area contributed by atoms with Gasteiger partial charge in [-0.1, -0.05) is 31.5 Å². The van der Waals surface area contributed by atoms with Crippen molar-refractivity contribution in [3.63, 3.8) is 0 Å². The Kier molecular flexibility index (Phi) is 5.12. The average molecular weight is 282 g/mol. The maximum Gasteiger partial charge on any atom is 0.138 e. The molecule has 0 spiro atoms. The molecule has 1 aromatic rings. The number of hydrogen-bond acceptors (Lipinski definition) is 2. The fourth-order valence-corrected chi connectivity index (χ4v) is 3.10. The second kappa shape index (κ2) is 6.62. The van der Waals surface area contributed by atoms with Crippen LogP contribution in [0.4, 0.5) is 0 Å². The number of ether oxygens (including phenoxy) is 1. The van der Waals surface area contributed by atoms with Crippen LogP contribution in [0.25, 0.3) is 0 Å². The zero-order valence-corrected chi connectivity index (χ0v) is 12.8. The van der Waals surface area contributed by atoms with Crippen molar-refractivity contribution in [3.8, 4) is 5.75 Å². The van der Waals surface area contributed by atoms with Crippen molar-refractivity contribution in [2.24, 2.45) is 5.92 Å². The molecule has 0 bridgehead atoms. The Hall–Kier alpha value is -0.730. The van der Waals surface area contributed by atoms with E-state index in [1.54, 1.807) is 0 Å². The minimum absolute atomic E-state index is 0.226. The third kappa shape index (κ3) is 3.87. The normalized spacial score (nSPS) is 27.3. The lowest BCUT2D eigenvalue weighted by atomic mass is 9.85. The molecule has 19 heavy (non-hydrogen) atoms. The zero-order chi connectivity index (χ0) is 13.8. The molecule has 3 atom stereocenters. The van der Waals surface area contributed by atoms with Gasteiger partial charge in [-0.3, -0.25) is 0 Å². The van der Waals surface area contributed by atoms with E-state index in [0.29, 0.717) is 11.1 Å². The van der Waals surface area contributed by atoms with Crippen LogP contribution in [0.15, 0.2) is 18.2 Å². The highest BCUT2D eigenvalue weighted by atomic mass is 35.5. The van der Waals surface area contributed by atoms with Crippen LogP contribution >= 0.6 is 11.6 Å². The summed E-state index contributed by atoms with van der Waals surface area (Å²) in [5.74, 6) is 1.54. The molecule has 0 amide bonds. The topological polar surface area (TPSA) is 21.3 Å². The third-order valence-corrected chi connectivity index (χ3v) is 4.18. The van der Waals surface area contributed by atoms with Gasteiger partial charge in [-0.15, -0.1) is 0 Å². The SMILES string of the molecule is CCNC1CCC(C)CC1Oc1ccc(C)cc1Cl. The molecule has 1 aromatic carbocycles. The lowest BCUT2D eigenvalue weighted by Crippen LogP contribution is -2.46. The van der Waals surface area contributed by atoms with E-state index >= 15 is 0 Å². The van der Waals surface area contributed by atoms with Crippen LogP contribution in [0.5, 0.6) is 5.75 Å². The number of aryl methyl sites for hydroxylation is 1. The highest BCUT2D eigenvalue weighted by molar-refractivity contribution is 6.32. The van der Waals surface area contributed by atoms with Gasteiger partial charge in [0.1, 0.15) is 11.9 Å². The standard InChI is InChI=1S/C16H24ClNO/c1-4-18-14-7-5-12(3)10-16(14)19-15-8-6-11(2)9-13(15)17/h6,8-9,12,14,16,18H,4-5,7,10H2,1-3H3. The second-order valence-electron chi connectivity index (χ2n) is 5.67. The molecule has 0 aliphatic heterocycles. The first-order chi connectivity index (χ1) is 9.10. The number of halogens is 1. The highest BCUT2D eigenvalue weighted by Gasteiger charge is 2.30. The van der Waals surface area contributed by atoms with Crippen molar-refractivity contribution in [1.29, 1.82) is 0 Å². The fraction of sp³-hybridized carbons (Fsp3) is 0.625. The summed E-state index contributed by atoms with van der Waals surface area (Å²) >= 11 is 6.26. The van der Waals surface area contributed by atoms with Crippen molar-refractivity contribution in [3.05, 3.63) is 28.8 Å². The lowest BCUT2D eigenvalue weighted by Gasteiger charge is -2.35. The molecule has 106 valence electrons. The summed E-state index contributed by atoms with van der Waals surface area (Å²) in [7, 11) is 0. The number of nitrogens with one attached hydrogen (secondary N) is 1. The van der Waals surface area contributed by atoms with Gasteiger partial charge in [0.25, 0.3) is 0 Å². The molecule has 3 unspecified atom stereocenters. The van der Waals surface area contributed by atoms with Crippen molar-refractivity contribution in [2.75, 3.05) is 6.54 Å². The quantitative estimate of drug-likeness (QED) is 0.893. The van der Waals surface area contributed by atoms with Crippen LogP contribution in [0.3, 0.4) is 0 Å². The van der Waals surface area contributed by atoms with Gasteiger partial charge >= 0.3 is 0 Å². The van der Waals surface area contributed by atoms with Gasteiger partial charge in [0.2, 0.25) is 0 Å². The Morgan fingerprint density at radius 3 is 2.84 bits per heavy atom. The summed E-state index contributed by atoms with van der Waals surface area (Å²) in [6, 6.07) is 6.44. The molecule has 1 aliphatic carbocycles. The molecule has 0 heterocycles. The van der Waals surface area contributed by atoms with Crippen molar-refractivity contribution in [1.82, 2.24) is 5.32 Å². The predicted octanol–water partition coefficient (Wildman–Crippen LogP) is 4.19. The van der Waals surface area contributed by atoms with Gasteiger partial charge < -0.3 is 10.1 Å². The highest BCUT2D eigenvalue weighted by Crippen LogP contribution is 2.31. The Balaban J connectivity index is 2.09. The van der Waals surface area contributed by atoms with E-state index in [4.69, 9.17) is 16.3 Å². The van der Waals surface area contributed by atoms with Gasteiger partial charge in [0, 0.05) is 6.04 Å². The first kappa shape index (κ1) is 14.7. The van der Waals surface area contributed by atoms with E-state index in [2.05, 4.69) is 25.2 Å². The Bertz CT molecular complexity index is 421. The number of rotatable bonds is 4. The van der Waals surface area contributed by atoms with Crippen molar-refractivity contribution < 1.29 is 4.74 Å². The van der Waals surface area contributed by atoms with E-state index in [-0.39, 0.29) is 6.10 Å². The zero-order valence-electron chi connectivity index (χ0n) is 12.1. The largest absolute Gasteiger partial charge is 0.487 e. The molecule has 2 rings (SSSR count). The maximum atomic E-state index is 6.26. The molecule has 0 radical (unpaired) electrons. The minimum atomic E-state index is 0.226. The summed E-state index contributed by atoms with van der Waals surface area (Å²) in [6.45, 7) is 7.48. The van der Waals surface area contributed by atoms with E-state index in [0.717, 1.165) is 30.2 Å². The van der Waals surface area contributed by atoms with E-state index < -0.39 is 0 Å². The van der Waals surface area contributed by atoms with E-state index in [9.17, 15) is 0 Å². The van der Waals surface area contributed by atoms with Crippen LogP contribution in [0, 0.1) is 12.8 Å². The van der Waals surface area contributed by atoms with Crippen LogP contribution in [-0.4, -0.2) is 18.7 Å². The van der Waals surface area contributed by atoms with E-state index in [1.165, 1.54) is 12.8 Å². The van der Waals surface area contributed by atoms with Crippen LogP contribution < -0.4 is 10.1 Å². The summed E-state index contributed by atoms with van der Waals surface area (Å²) in [6.07, 6.45) is 3.79. The first-order valence-corrected chi connectivity index (χ1v) is 7.64. The molecule has 3 heteroatoms. The average Bonchev–Trinajstić information content (AvgIpc) is 2.36. The molecule has 0 aromatic heterocycles. The molecule has 0 saturated heterocycles. The number of hydrogen-bond donors (Lipinski definition) is 1. The van der Waals surface area contributed by atoms with Gasteiger partial charge in [0.15, 0.2) is 0 Å². The number of likely N-dealkylation sites (N-methyl/N-ethyl adjacent to an activating group) is 1. The van der Waals surface area contributed by atoms with Gasteiger partial charge in [-0.2, -0.15) is 0 Å². The van der Waals surface area contributed by atoms with Crippen LogP contribution in [0.2, 0.25) is 5.02 Å². The van der Waals surface area contributed by atoms with Gasteiger partial charge in [0.05, 0.1) is 5.02 Å². The molecular formula is C16H24ClNO. The Morgan fingerprint density at radius 1 is 1.37 bits per heavy atom. The molecule has 2 nitrogen and oxygen atoms in total. The van der Waals surface area contributed by atoms with Gasteiger partial charge in [-0.05, 0) is 56.3 Å². The van der Waals surface area contributed by atoms with Crippen molar-refractivity contribution in [2.45, 2.75) is 52.2 Å². The lowest BCUT2D eigenvalue weighted by molar-refractivity contribution is 0.0917. The maximum absolute atomic E-state index is 6.26. The van der Waals surface area contributed by atoms with Gasteiger partial charge in [-0.25, -0.2) is 0 Å². The molecular weight excluding hydrogens is 258 g/mol.